The van der Waals surface area contributed by atoms with E-state index in [-0.39, 0.29) is 31.0 Å². The third-order valence-electron chi connectivity index (χ3n) is 0.567. The fourth-order valence-corrected chi connectivity index (χ4v) is 0.376. The van der Waals surface area contributed by atoms with E-state index in [2.05, 4.69) is 17.9 Å². The van der Waals surface area contributed by atoms with Crippen molar-refractivity contribution in [1.82, 2.24) is 10.6 Å². The van der Waals surface area contributed by atoms with Gasteiger partial charge in [-0.2, -0.15) is 17.9 Å². The number of hydrogen-bond donors (Lipinski definition) is 3. The van der Waals surface area contributed by atoms with Gasteiger partial charge >= 0.3 is 35.6 Å². The topological polar surface area (TPSA) is 64.9 Å². The predicted molar refractivity (Wildman–Crippen MR) is 37.1 cm³/mol. The first-order valence-electron chi connectivity index (χ1n) is 2.35. The zero-order chi connectivity index (χ0) is 7.11. The van der Waals surface area contributed by atoms with E-state index < -0.39 is 6.03 Å². The van der Waals surface area contributed by atoms with Crippen molar-refractivity contribution in [3.8, 4) is 6.19 Å². The van der Waals surface area contributed by atoms with Gasteiger partial charge in [0.15, 0.2) is 6.19 Å². The van der Waals surface area contributed by atoms with Gasteiger partial charge in [-0.25, -0.2) is 10.1 Å². The molecule has 4 nitrogen and oxygen atoms in total. The molecular weight excluding hydrogens is 161 g/mol. The van der Waals surface area contributed by atoms with Crippen LogP contribution in [0.2, 0.25) is 0 Å². The van der Waals surface area contributed by atoms with E-state index in [0.717, 1.165) is 0 Å². The van der Waals surface area contributed by atoms with Gasteiger partial charge in [0.1, 0.15) is 0 Å². The predicted octanol–water partition coefficient (Wildman–Crippen LogP) is -3.19. The molecule has 0 saturated heterocycles. The largest absolute Gasteiger partial charge is 1.00 e. The Morgan fingerprint density at radius 3 is 2.80 bits per heavy atom. The van der Waals surface area contributed by atoms with Crippen molar-refractivity contribution in [3.63, 3.8) is 0 Å². The van der Waals surface area contributed by atoms with Gasteiger partial charge in [-0.3, -0.25) is 0 Å². The zero-order valence-corrected chi connectivity index (χ0v) is 8.61. The van der Waals surface area contributed by atoms with E-state index in [1.807, 2.05) is 5.32 Å². The molecule has 0 aromatic heterocycles. The fraction of sp³-hybridized carbons (Fsp3) is 0.500. The van der Waals surface area contributed by atoms with E-state index in [1.54, 1.807) is 0 Å². The Balaban J connectivity index is -0.000000320. The number of amides is 2. The molecule has 0 fully saturated rings. The average Bonchev–Trinajstić information content (AvgIpc) is 1.85. The molecule has 0 rings (SSSR count). The van der Waals surface area contributed by atoms with E-state index in [1.165, 1.54) is 6.19 Å². The Bertz CT molecular complexity index is 140. The number of carbonyl (C=O) groups excluding carboxylic acids is 1. The molecule has 0 spiro atoms. The Morgan fingerprint density at radius 2 is 2.40 bits per heavy atom. The van der Waals surface area contributed by atoms with Crippen molar-refractivity contribution in [2.75, 3.05) is 12.3 Å². The quantitative estimate of drug-likeness (QED) is 0.176. The molecule has 2 amide bonds. The van der Waals surface area contributed by atoms with Crippen molar-refractivity contribution in [1.29, 1.82) is 5.26 Å². The van der Waals surface area contributed by atoms with Gasteiger partial charge in [0, 0.05) is 12.3 Å². The third-order valence-corrected chi connectivity index (χ3v) is 0.790. The maximum atomic E-state index is 10.3. The molecule has 2 N–H and O–H groups in total. The second kappa shape index (κ2) is 9.11. The first-order valence-corrected chi connectivity index (χ1v) is 2.98. The molecule has 0 unspecified atom stereocenters. The number of thiol groups is 1. The third kappa shape index (κ3) is 8.11. The number of urea groups is 1. The van der Waals surface area contributed by atoms with Gasteiger partial charge in [-0.05, 0) is 0 Å². The minimum atomic E-state index is -0.480. The summed E-state index contributed by atoms with van der Waals surface area (Å²) in [5.74, 6) is 0.568. The van der Waals surface area contributed by atoms with Gasteiger partial charge < -0.3 is 6.74 Å². The van der Waals surface area contributed by atoms with Crippen molar-refractivity contribution in [2.24, 2.45) is 0 Å². The molecule has 0 atom stereocenters. The van der Waals surface area contributed by atoms with Crippen molar-refractivity contribution < 1.29 is 35.8 Å². The van der Waals surface area contributed by atoms with Gasteiger partial charge in [0.25, 0.3) is 0 Å². The summed E-state index contributed by atoms with van der Waals surface area (Å²) in [6, 6.07) is -0.480. The van der Waals surface area contributed by atoms with Crippen LogP contribution in [0.25, 0.3) is 0 Å². The van der Waals surface area contributed by atoms with Crippen LogP contribution in [0.5, 0.6) is 0 Å². The van der Waals surface area contributed by atoms with Crippen molar-refractivity contribution in [2.45, 2.75) is 0 Å². The number of carbonyl (C=O) groups is 1. The number of hydrogen-bond acceptors (Lipinski definition) is 3. The Kier molecular flexibility index (Phi) is 11.6. The molecule has 0 aromatic carbocycles. The SMILES string of the molecule is N#CNC(=O)NCCS.[H-].[Na+]. The molecule has 0 aliphatic carbocycles. The van der Waals surface area contributed by atoms with E-state index in [9.17, 15) is 4.79 Å². The van der Waals surface area contributed by atoms with E-state index >= 15 is 0 Å². The second-order valence-electron chi connectivity index (χ2n) is 1.22. The van der Waals surface area contributed by atoms with Crippen LogP contribution in [0.1, 0.15) is 1.43 Å². The molecule has 10 heavy (non-hydrogen) atoms. The molecule has 0 aliphatic heterocycles. The summed E-state index contributed by atoms with van der Waals surface area (Å²) in [6.07, 6.45) is 1.49. The number of nitriles is 1. The summed E-state index contributed by atoms with van der Waals surface area (Å²) >= 11 is 3.84. The molecule has 0 aromatic rings. The molecule has 0 radical (unpaired) electrons. The van der Waals surface area contributed by atoms with Crippen LogP contribution >= 0.6 is 12.6 Å². The molecule has 6 heteroatoms. The minimum Gasteiger partial charge on any atom is -1.00 e. The molecular formula is C4H8N3NaOS. The maximum Gasteiger partial charge on any atom is 1.00 e. The average molecular weight is 169 g/mol. The summed E-state index contributed by atoms with van der Waals surface area (Å²) in [6.45, 7) is 0.469. The van der Waals surface area contributed by atoms with Crippen LogP contribution < -0.4 is 40.2 Å². The van der Waals surface area contributed by atoms with Crippen LogP contribution in [-0.2, 0) is 0 Å². The Labute approximate surface area is 88.5 Å². The standard InChI is InChI=1S/C4H7N3OS.Na.H/c5-3-7-4(8)6-1-2-9;;/h9H,1-2H2,(H2,6,7,8);;/q;+1;-1. The first-order chi connectivity index (χ1) is 4.31. The van der Waals surface area contributed by atoms with Crippen molar-refractivity contribution in [3.05, 3.63) is 0 Å². The summed E-state index contributed by atoms with van der Waals surface area (Å²) in [7, 11) is 0. The van der Waals surface area contributed by atoms with Gasteiger partial charge in [0.05, 0.1) is 0 Å². The molecule has 0 bridgehead atoms. The Morgan fingerprint density at radius 1 is 1.80 bits per heavy atom. The molecule has 52 valence electrons. The summed E-state index contributed by atoms with van der Waals surface area (Å²) in [4.78, 5) is 10.3. The fourth-order valence-electron chi connectivity index (χ4n) is 0.264. The molecule has 0 heterocycles. The minimum absolute atomic E-state index is 0. The smallest absolute Gasteiger partial charge is 1.00 e. The first kappa shape index (κ1) is 12.8. The van der Waals surface area contributed by atoms with Crippen LogP contribution in [0, 0.1) is 11.5 Å². The summed E-state index contributed by atoms with van der Waals surface area (Å²) < 4.78 is 0. The maximum absolute atomic E-state index is 10.3. The van der Waals surface area contributed by atoms with Crippen LogP contribution in [0.4, 0.5) is 4.79 Å². The van der Waals surface area contributed by atoms with Gasteiger partial charge in [-0.15, -0.1) is 0 Å². The van der Waals surface area contributed by atoms with Gasteiger partial charge in [0.2, 0.25) is 0 Å². The van der Waals surface area contributed by atoms with Crippen LogP contribution in [0.15, 0.2) is 0 Å². The van der Waals surface area contributed by atoms with Crippen molar-refractivity contribution >= 4 is 18.7 Å². The number of rotatable bonds is 2. The normalized spacial score (nSPS) is 6.80. The zero-order valence-electron chi connectivity index (χ0n) is 6.72. The second-order valence-corrected chi connectivity index (χ2v) is 1.66. The van der Waals surface area contributed by atoms with Crippen LogP contribution in [-0.4, -0.2) is 18.3 Å². The molecule has 0 saturated carbocycles. The van der Waals surface area contributed by atoms with Gasteiger partial charge in [-0.1, -0.05) is 0 Å². The Hall–Kier alpha value is 0.110. The number of nitrogens with one attached hydrogen (secondary N) is 2. The van der Waals surface area contributed by atoms with E-state index in [0.29, 0.717) is 12.3 Å². The summed E-state index contributed by atoms with van der Waals surface area (Å²) in [5, 5.41) is 12.2. The molecule has 0 aliphatic rings. The monoisotopic (exact) mass is 169 g/mol. The van der Waals surface area contributed by atoms with E-state index in [4.69, 9.17) is 5.26 Å². The summed E-state index contributed by atoms with van der Waals surface area (Å²) in [5.41, 5.74) is 0. The number of nitrogens with zero attached hydrogens (tertiary/aromatic N) is 1. The van der Waals surface area contributed by atoms with Crippen LogP contribution in [0.3, 0.4) is 0 Å².